The number of alkyl carbamates (subject to hydrolysis) is 1. The van der Waals surface area contributed by atoms with Gasteiger partial charge in [-0.05, 0) is 64.3 Å². The molecule has 0 saturated heterocycles. The van der Waals surface area contributed by atoms with Crippen molar-refractivity contribution in [3.8, 4) is 0 Å². The van der Waals surface area contributed by atoms with Crippen LogP contribution in [0.15, 0.2) is 54.6 Å². The lowest BCUT2D eigenvalue weighted by Gasteiger charge is -2.28. The lowest BCUT2D eigenvalue weighted by atomic mass is 9.94. The Morgan fingerprint density at radius 3 is 2.18 bits per heavy atom. The summed E-state index contributed by atoms with van der Waals surface area (Å²) in [6.45, 7) is 9.53. The number of carbonyl (C=O) groups excluding carboxylic acids is 2. The van der Waals surface area contributed by atoms with Gasteiger partial charge in [-0.3, -0.25) is 0 Å². The highest BCUT2D eigenvalue weighted by Gasteiger charge is 2.25. The lowest BCUT2D eigenvalue weighted by Crippen LogP contribution is -2.47. The van der Waals surface area contributed by atoms with E-state index in [2.05, 4.69) is 5.32 Å². The van der Waals surface area contributed by atoms with Crippen molar-refractivity contribution in [1.82, 2.24) is 5.32 Å². The van der Waals surface area contributed by atoms with Gasteiger partial charge in [-0.15, -0.1) is 0 Å². The monoisotopic (exact) mass is 383 g/mol. The second kappa shape index (κ2) is 8.91. The van der Waals surface area contributed by atoms with E-state index in [0.29, 0.717) is 12.0 Å². The minimum atomic E-state index is -0.553. The molecule has 28 heavy (non-hydrogen) atoms. The first-order chi connectivity index (χ1) is 13.0. The summed E-state index contributed by atoms with van der Waals surface area (Å²) in [6.07, 6.45) is 0.0856. The Kier molecular flexibility index (Phi) is 6.84. The number of nitrogens with one attached hydrogen (secondary N) is 1. The number of rotatable bonds is 6. The maximum absolute atomic E-state index is 12.4. The van der Waals surface area contributed by atoms with Crippen molar-refractivity contribution in [1.29, 1.82) is 0 Å². The average Bonchev–Trinajstić information content (AvgIpc) is 2.58. The van der Waals surface area contributed by atoms with E-state index in [9.17, 15) is 9.59 Å². The van der Waals surface area contributed by atoms with Crippen LogP contribution in [-0.4, -0.2) is 23.2 Å². The fourth-order valence-electron chi connectivity index (χ4n) is 2.75. The van der Waals surface area contributed by atoms with Crippen LogP contribution in [0.2, 0.25) is 0 Å². The Bertz CT molecular complexity index is 807. The molecule has 5 nitrogen and oxygen atoms in total. The first-order valence-electron chi connectivity index (χ1n) is 9.35. The lowest BCUT2D eigenvalue weighted by molar-refractivity contribution is 0.0459. The van der Waals surface area contributed by atoms with E-state index in [1.807, 2.05) is 77.1 Å². The van der Waals surface area contributed by atoms with Crippen molar-refractivity contribution < 1.29 is 19.1 Å². The Hall–Kier alpha value is -2.82. The SMILES string of the molecule is CC(C)(Cc1cccc(C(=O)OCc2ccccc2)c1)NC(=O)OC(C)(C)C. The Morgan fingerprint density at radius 1 is 0.893 bits per heavy atom. The summed E-state index contributed by atoms with van der Waals surface area (Å²) in [4.78, 5) is 24.4. The Balaban J connectivity index is 1.97. The van der Waals surface area contributed by atoms with Crippen LogP contribution in [0.25, 0.3) is 0 Å². The summed E-state index contributed by atoms with van der Waals surface area (Å²) in [7, 11) is 0. The predicted molar refractivity (Wildman–Crippen MR) is 109 cm³/mol. The zero-order valence-corrected chi connectivity index (χ0v) is 17.2. The third kappa shape index (κ3) is 7.43. The number of amides is 1. The third-order valence-electron chi connectivity index (χ3n) is 3.86. The van der Waals surface area contributed by atoms with Crippen molar-refractivity contribution in [2.75, 3.05) is 0 Å². The smallest absolute Gasteiger partial charge is 0.408 e. The number of hydrogen-bond acceptors (Lipinski definition) is 4. The van der Waals surface area contributed by atoms with Crippen molar-refractivity contribution >= 4 is 12.1 Å². The minimum absolute atomic E-state index is 0.232. The molecular formula is C23H29NO4. The van der Waals surface area contributed by atoms with E-state index >= 15 is 0 Å². The molecule has 2 aromatic carbocycles. The van der Waals surface area contributed by atoms with Crippen LogP contribution in [0.1, 0.15) is 56.1 Å². The molecular weight excluding hydrogens is 354 g/mol. The molecule has 0 aromatic heterocycles. The summed E-state index contributed by atoms with van der Waals surface area (Å²) in [5, 5.41) is 2.88. The number of ether oxygens (including phenoxy) is 2. The van der Waals surface area contributed by atoms with Crippen molar-refractivity contribution in [3.05, 3.63) is 71.3 Å². The molecule has 0 spiro atoms. The average molecular weight is 383 g/mol. The first-order valence-corrected chi connectivity index (χ1v) is 9.35. The molecule has 0 radical (unpaired) electrons. The molecule has 1 N–H and O–H groups in total. The zero-order valence-electron chi connectivity index (χ0n) is 17.2. The molecule has 150 valence electrons. The molecule has 0 aliphatic carbocycles. The Labute approximate surface area is 167 Å². The highest BCUT2D eigenvalue weighted by molar-refractivity contribution is 5.89. The predicted octanol–water partition coefficient (Wildman–Crippen LogP) is 4.89. The summed E-state index contributed by atoms with van der Waals surface area (Å²) in [5.41, 5.74) is 1.27. The van der Waals surface area contributed by atoms with Gasteiger partial charge in [0.2, 0.25) is 0 Å². The maximum Gasteiger partial charge on any atom is 0.408 e. The molecule has 0 saturated carbocycles. The van der Waals surface area contributed by atoms with E-state index in [-0.39, 0.29) is 12.6 Å². The summed E-state index contributed by atoms with van der Waals surface area (Å²) < 4.78 is 10.7. The van der Waals surface area contributed by atoms with Gasteiger partial charge in [0.05, 0.1) is 5.56 Å². The van der Waals surface area contributed by atoms with Crippen LogP contribution in [0, 0.1) is 0 Å². The van der Waals surface area contributed by atoms with Crippen LogP contribution in [0.3, 0.4) is 0 Å². The first kappa shape index (κ1) is 21.5. The third-order valence-corrected chi connectivity index (χ3v) is 3.86. The zero-order chi connectivity index (χ0) is 20.8. The highest BCUT2D eigenvalue weighted by atomic mass is 16.6. The van der Waals surface area contributed by atoms with E-state index in [1.54, 1.807) is 12.1 Å². The van der Waals surface area contributed by atoms with Gasteiger partial charge in [0.1, 0.15) is 12.2 Å². The van der Waals surface area contributed by atoms with E-state index < -0.39 is 17.2 Å². The van der Waals surface area contributed by atoms with Crippen LogP contribution < -0.4 is 5.32 Å². The molecule has 0 heterocycles. The van der Waals surface area contributed by atoms with Gasteiger partial charge in [-0.2, -0.15) is 0 Å². The number of benzene rings is 2. The molecule has 2 aromatic rings. The van der Waals surface area contributed by atoms with Crippen LogP contribution in [0.5, 0.6) is 0 Å². The number of esters is 1. The van der Waals surface area contributed by atoms with Crippen LogP contribution >= 0.6 is 0 Å². The van der Waals surface area contributed by atoms with Gasteiger partial charge < -0.3 is 14.8 Å². The van der Waals surface area contributed by atoms with E-state index in [4.69, 9.17) is 9.47 Å². The summed E-state index contributed by atoms with van der Waals surface area (Å²) in [6, 6.07) is 16.8. The second-order valence-corrected chi connectivity index (χ2v) is 8.45. The Morgan fingerprint density at radius 2 is 1.54 bits per heavy atom. The van der Waals surface area contributed by atoms with Gasteiger partial charge in [0.15, 0.2) is 0 Å². The van der Waals surface area contributed by atoms with Gasteiger partial charge in [-0.1, -0.05) is 42.5 Å². The summed E-state index contributed by atoms with van der Waals surface area (Å²) in [5.74, 6) is -0.372. The van der Waals surface area contributed by atoms with E-state index in [0.717, 1.165) is 11.1 Å². The standard InChI is InChI=1S/C23H29NO4/c1-22(2,3)28-21(26)24-23(4,5)15-18-12-9-13-19(14-18)20(25)27-16-17-10-7-6-8-11-17/h6-14H,15-16H2,1-5H3,(H,24,26). The quantitative estimate of drug-likeness (QED) is 0.722. The topological polar surface area (TPSA) is 64.6 Å². The molecule has 5 heteroatoms. The molecule has 0 fully saturated rings. The molecule has 0 aliphatic rings. The normalized spacial score (nSPS) is 11.6. The van der Waals surface area contributed by atoms with Crippen molar-refractivity contribution in [2.45, 2.75) is 58.8 Å². The van der Waals surface area contributed by atoms with Gasteiger partial charge >= 0.3 is 12.1 Å². The molecule has 2 rings (SSSR count). The maximum atomic E-state index is 12.4. The fourth-order valence-corrected chi connectivity index (χ4v) is 2.75. The van der Waals surface area contributed by atoms with Crippen LogP contribution in [0.4, 0.5) is 4.79 Å². The van der Waals surface area contributed by atoms with Crippen molar-refractivity contribution in [2.24, 2.45) is 0 Å². The van der Waals surface area contributed by atoms with Crippen molar-refractivity contribution in [3.63, 3.8) is 0 Å². The number of carbonyl (C=O) groups is 2. The molecule has 0 unspecified atom stereocenters. The molecule has 0 atom stereocenters. The van der Waals surface area contributed by atoms with E-state index in [1.165, 1.54) is 0 Å². The molecule has 0 bridgehead atoms. The minimum Gasteiger partial charge on any atom is -0.457 e. The molecule has 1 amide bonds. The van der Waals surface area contributed by atoms with Crippen LogP contribution in [-0.2, 0) is 22.5 Å². The van der Waals surface area contributed by atoms with Gasteiger partial charge in [-0.25, -0.2) is 9.59 Å². The molecule has 0 aliphatic heterocycles. The number of hydrogen-bond donors (Lipinski definition) is 1. The second-order valence-electron chi connectivity index (χ2n) is 8.45. The fraction of sp³-hybridized carbons (Fsp3) is 0.391. The largest absolute Gasteiger partial charge is 0.457 e. The van der Waals surface area contributed by atoms with Gasteiger partial charge in [0.25, 0.3) is 0 Å². The van der Waals surface area contributed by atoms with Gasteiger partial charge in [0, 0.05) is 5.54 Å². The summed E-state index contributed by atoms with van der Waals surface area (Å²) >= 11 is 0. The highest BCUT2D eigenvalue weighted by Crippen LogP contribution is 2.17.